The van der Waals surface area contributed by atoms with Crippen LogP contribution in [0.3, 0.4) is 0 Å². The first kappa shape index (κ1) is 30.7. The molecule has 12 heteroatoms. The average molecular weight is 641 g/mol. The van der Waals surface area contributed by atoms with Gasteiger partial charge in [0, 0.05) is 23.6 Å². The number of ketones is 1. The van der Waals surface area contributed by atoms with Crippen LogP contribution in [-0.2, 0) is 26.2 Å². The molecule has 5 heterocycles. The Bertz CT molecular complexity index is 1890. The molecule has 1 spiro atoms. The molecule has 3 aliphatic rings. The second-order valence-corrected chi connectivity index (χ2v) is 13.1. The molecule has 0 saturated heterocycles. The van der Waals surface area contributed by atoms with Gasteiger partial charge in [0.2, 0.25) is 17.7 Å². The molecule has 2 aromatic carbocycles. The van der Waals surface area contributed by atoms with Gasteiger partial charge in [-0.25, -0.2) is 14.8 Å². The van der Waals surface area contributed by atoms with Crippen LogP contribution in [0.2, 0.25) is 0 Å². The number of fused-ring (bicyclic) bond motifs is 4. The molecule has 0 fully saturated rings. The van der Waals surface area contributed by atoms with Crippen molar-refractivity contribution in [1.82, 2.24) is 15.3 Å². The zero-order valence-corrected chi connectivity index (χ0v) is 26.7. The summed E-state index contributed by atoms with van der Waals surface area (Å²) in [5.74, 6) is -1.47. The minimum absolute atomic E-state index is 0.0346. The summed E-state index contributed by atoms with van der Waals surface area (Å²) in [5.41, 5.74) is 2.42. The number of amides is 1. The van der Waals surface area contributed by atoms with E-state index in [1.807, 2.05) is 56.3 Å². The number of aliphatic hydroxyl groups excluding tert-OH is 1. The number of carbonyl (C=O) groups excluding carboxylic acids is 3. The monoisotopic (exact) mass is 640 g/mol. The maximum atomic E-state index is 14.0. The minimum Gasteiger partial charge on any atom is -0.469 e. The molecule has 5 atom stereocenters. The summed E-state index contributed by atoms with van der Waals surface area (Å²) in [7, 11) is 1.26. The topological polar surface area (TPSA) is 166 Å². The highest BCUT2D eigenvalue weighted by Crippen LogP contribution is 2.59. The number of esters is 1. The van der Waals surface area contributed by atoms with Crippen LogP contribution in [0.1, 0.15) is 79.0 Å². The fourth-order valence-electron chi connectivity index (χ4n) is 6.88. The normalized spacial score (nSPS) is 23.1. The predicted octanol–water partition coefficient (Wildman–Crippen LogP) is 4.56. The lowest BCUT2D eigenvalue weighted by Crippen LogP contribution is -2.41. The number of nitrogens with one attached hydrogen (secondary N) is 2. The van der Waals surface area contributed by atoms with Crippen molar-refractivity contribution >= 4 is 23.3 Å². The second-order valence-electron chi connectivity index (χ2n) is 13.1. The van der Waals surface area contributed by atoms with E-state index in [4.69, 9.17) is 23.3 Å². The summed E-state index contributed by atoms with van der Waals surface area (Å²) in [6.45, 7) is 7.39. The third-order valence-corrected chi connectivity index (χ3v) is 9.34. The van der Waals surface area contributed by atoms with Crippen molar-refractivity contribution in [2.45, 2.75) is 64.3 Å². The van der Waals surface area contributed by atoms with Gasteiger partial charge in [0.1, 0.15) is 29.6 Å². The molecule has 3 aliphatic heterocycles. The van der Waals surface area contributed by atoms with Gasteiger partial charge in [0.05, 0.1) is 7.11 Å². The molecule has 2 aromatic heterocycles. The number of para-hydroxylation sites is 1. The van der Waals surface area contributed by atoms with Crippen LogP contribution in [0.15, 0.2) is 57.6 Å². The van der Waals surface area contributed by atoms with E-state index in [-0.39, 0.29) is 53.8 Å². The highest BCUT2D eigenvalue weighted by atomic mass is 16.5. The number of ether oxygens (including phenoxy) is 2. The Balaban J connectivity index is 1.48. The van der Waals surface area contributed by atoms with Crippen LogP contribution in [0, 0.1) is 17.8 Å². The van der Waals surface area contributed by atoms with E-state index in [0.717, 1.165) is 22.4 Å². The number of carbonyl (C=O) groups is 3. The summed E-state index contributed by atoms with van der Waals surface area (Å²) in [6, 6.07) is 12.8. The van der Waals surface area contributed by atoms with Crippen molar-refractivity contribution in [2.24, 2.45) is 17.8 Å². The zero-order valence-electron chi connectivity index (χ0n) is 26.7. The Morgan fingerprint density at radius 3 is 2.62 bits per heavy atom. The Labute approximate surface area is 270 Å². The minimum atomic E-state index is -1.18. The SMILES string of the molecule is COC(=O)c1coc(-c2nc3oc2C24c5ccccc5N[C@H]2Oc2ccc(cc24)C[C@H](CC(=O)[C@@H](O)C(C)C)C(=O)N[C@@H]3C(C)C)n1. The van der Waals surface area contributed by atoms with Crippen LogP contribution < -0.4 is 15.4 Å². The number of hydrogen-bond acceptors (Lipinski definition) is 11. The molecule has 12 nitrogen and oxygen atoms in total. The van der Waals surface area contributed by atoms with Gasteiger partial charge in [-0.3, -0.25) is 9.59 Å². The summed E-state index contributed by atoms with van der Waals surface area (Å²) >= 11 is 0. The van der Waals surface area contributed by atoms with Crippen LogP contribution in [0.5, 0.6) is 5.75 Å². The van der Waals surface area contributed by atoms with Gasteiger partial charge in [-0.05, 0) is 41.5 Å². The molecule has 7 rings (SSSR count). The quantitative estimate of drug-likeness (QED) is 0.243. The standard InChI is InChI=1S/C35H36N4O8/c1-16(2)26-32-39-27(31-36-23(15-45-31)33(43)44-5)29(47-32)35-20-8-6-7-9-22(20)37-34(35)46-25-11-10-18(13-21(25)35)12-19(30(42)38-26)14-24(40)28(41)17(3)4/h6-11,13,15-17,19,26,28,34,37,41H,12,14H2,1-5H3,(H,38,42)/t19-,26-,28+,34+,35?/m1/s1. The van der Waals surface area contributed by atoms with Gasteiger partial charge in [-0.1, -0.05) is 58.0 Å². The summed E-state index contributed by atoms with van der Waals surface area (Å²) in [5, 5.41) is 17.2. The molecule has 244 valence electrons. The summed E-state index contributed by atoms with van der Waals surface area (Å²) in [4.78, 5) is 48.8. The van der Waals surface area contributed by atoms with Crippen molar-refractivity contribution in [3.05, 3.63) is 82.8 Å². The first-order valence-corrected chi connectivity index (χ1v) is 15.8. The second kappa shape index (κ2) is 11.4. The fraction of sp³-hybridized carbons (Fsp3) is 0.400. The van der Waals surface area contributed by atoms with Crippen LogP contribution in [0.4, 0.5) is 5.69 Å². The van der Waals surface area contributed by atoms with E-state index in [2.05, 4.69) is 15.6 Å². The average Bonchev–Trinajstić information content (AvgIpc) is 3.83. The maximum absolute atomic E-state index is 14.0. The van der Waals surface area contributed by atoms with Gasteiger partial charge < -0.3 is 34.0 Å². The lowest BCUT2D eigenvalue weighted by molar-refractivity contribution is -0.135. The largest absolute Gasteiger partial charge is 0.469 e. The van der Waals surface area contributed by atoms with Crippen molar-refractivity contribution in [2.75, 3.05) is 12.4 Å². The fourth-order valence-corrected chi connectivity index (χ4v) is 6.88. The molecule has 4 bridgehead atoms. The highest BCUT2D eigenvalue weighted by molar-refractivity contribution is 5.90. The van der Waals surface area contributed by atoms with Gasteiger partial charge in [-0.15, -0.1) is 0 Å². The molecular formula is C35H36N4O8. The Kier molecular flexibility index (Phi) is 7.42. The van der Waals surface area contributed by atoms with E-state index < -0.39 is 41.5 Å². The molecular weight excluding hydrogens is 604 g/mol. The third-order valence-electron chi connectivity index (χ3n) is 9.34. The van der Waals surface area contributed by atoms with E-state index in [1.165, 1.54) is 13.4 Å². The van der Waals surface area contributed by atoms with E-state index in [1.54, 1.807) is 13.8 Å². The lowest BCUT2D eigenvalue weighted by Gasteiger charge is -2.28. The van der Waals surface area contributed by atoms with Gasteiger partial charge in [0.15, 0.2) is 29.2 Å². The van der Waals surface area contributed by atoms with Crippen molar-refractivity contribution in [1.29, 1.82) is 0 Å². The van der Waals surface area contributed by atoms with Gasteiger partial charge in [-0.2, -0.15) is 0 Å². The van der Waals surface area contributed by atoms with Crippen molar-refractivity contribution < 1.29 is 37.8 Å². The number of hydrogen-bond donors (Lipinski definition) is 3. The molecule has 47 heavy (non-hydrogen) atoms. The number of benzene rings is 2. The van der Waals surface area contributed by atoms with E-state index in [9.17, 15) is 19.5 Å². The molecule has 1 amide bonds. The highest BCUT2D eigenvalue weighted by Gasteiger charge is 2.61. The molecule has 4 aromatic rings. The number of oxazole rings is 2. The van der Waals surface area contributed by atoms with Crippen LogP contribution in [-0.4, -0.2) is 52.2 Å². The van der Waals surface area contributed by atoms with Crippen molar-refractivity contribution in [3.8, 4) is 17.3 Å². The molecule has 3 N–H and O–H groups in total. The van der Waals surface area contributed by atoms with E-state index in [0.29, 0.717) is 11.5 Å². The van der Waals surface area contributed by atoms with Crippen LogP contribution in [0.25, 0.3) is 11.6 Å². The number of anilines is 1. The first-order chi connectivity index (χ1) is 22.5. The molecule has 0 radical (unpaired) electrons. The first-order valence-electron chi connectivity index (χ1n) is 15.8. The molecule has 0 saturated carbocycles. The lowest BCUT2D eigenvalue weighted by atomic mass is 9.72. The molecule has 1 unspecified atom stereocenters. The zero-order chi connectivity index (χ0) is 33.2. The number of aromatic nitrogens is 2. The number of Topliss-reactive ketones (excluding diaryl/α,β-unsaturated/α-hetero) is 1. The Morgan fingerprint density at radius 2 is 1.87 bits per heavy atom. The number of nitrogens with zero attached hydrogens (tertiary/aromatic N) is 2. The Hall–Kier alpha value is -4.97. The summed E-state index contributed by atoms with van der Waals surface area (Å²) < 4.78 is 24.0. The van der Waals surface area contributed by atoms with Crippen LogP contribution >= 0.6 is 0 Å². The van der Waals surface area contributed by atoms with Crippen molar-refractivity contribution in [3.63, 3.8) is 0 Å². The van der Waals surface area contributed by atoms with Gasteiger partial charge in [0.25, 0.3) is 0 Å². The predicted molar refractivity (Wildman–Crippen MR) is 168 cm³/mol. The third kappa shape index (κ3) is 4.81. The smallest absolute Gasteiger partial charge is 0.360 e. The van der Waals surface area contributed by atoms with Gasteiger partial charge >= 0.3 is 5.97 Å². The molecule has 0 aliphatic carbocycles. The van der Waals surface area contributed by atoms with E-state index >= 15 is 0 Å². The number of aliphatic hydroxyl groups is 1. The Morgan fingerprint density at radius 1 is 1.09 bits per heavy atom. The maximum Gasteiger partial charge on any atom is 0.360 e. The number of methoxy groups -OCH3 is 1. The number of rotatable bonds is 7. The summed E-state index contributed by atoms with van der Waals surface area (Å²) in [6.07, 6.45) is -0.520.